The van der Waals surface area contributed by atoms with Gasteiger partial charge < -0.3 is 5.11 Å². The molecule has 0 aromatic carbocycles. The Morgan fingerprint density at radius 1 is 1.45 bits per heavy atom. The largest absolute Gasteiger partial charge is 0.396 e. The number of nitrogens with zero attached hydrogens (tertiary/aromatic N) is 1. The molecule has 0 radical (unpaired) electrons. The molecule has 1 aromatic rings. The Kier molecular flexibility index (Phi) is 1.62. The smallest absolute Gasteiger partial charge is 0.0465 e. The molecule has 1 aromatic heterocycles. The standard InChI is InChI=1S/C9H11NO/c11-6-8-5-9(8)7-1-3-10-4-2-7/h1-4,8-9,11H,5-6H2/t8-,9-/m0/s1. The molecule has 0 unspecified atom stereocenters. The van der Waals surface area contributed by atoms with Gasteiger partial charge in [0.2, 0.25) is 0 Å². The first-order valence-corrected chi connectivity index (χ1v) is 3.92. The highest BCUT2D eigenvalue weighted by Crippen LogP contribution is 2.46. The summed E-state index contributed by atoms with van der Waals surface area (Å²) in [7, 11) is 0. The molecule has 58 valence electrons. The fraction of sp³-hybridized carbons (Fsp3) is 0.444. The van der Waals surface area contributed by atoms with Gasteiger partial charge in [0.05, 0.1) is 0 Å². The first-order valence-electron chi connectivity index (χ1n) is 3.92. The normalized spacial score (nSPS) is 28.5. The number of pyridine rings is 1. The first kappa shape index (κ1) is 6.80. The molecule has 0 aliphatic heterocycles. The van der Waals surface area contributed by atoms with E-state index in [1.165, 1.54) is 5.56 Å². The van der Waals surface area contributed by atoms with E-state index in [0.717, 1.165) is 6.42 Å². The monoisotopic (exact) mass is 149 g/mol. The number of hydrogen-bond donors (Lipinski definition) is 1. The van der Waals surface area contributed by atoms with Crippen molar-refractivity contribution in [1.82, 2.24) is 4.98 Å². The van der Waals surface area contributed by atoms with Gasteiger partial charge in [0.1, 0.15) is 0 Å². The SMILES string of the molecule is OC[C@@H]1C[C@H]1c1ccncc1. The molecule has 2 nitrogen and oxygen atoms in total. The van der Waals surface area contributed by atoms with E-state index in [0.29, 0.717) is 18.4 Å². The van der Waals surface area contributed by atoms with Crippen LogP contribution in [0.1, 0.15) is 17.9 Å². The van der Waals surface area contributed by atoms with E-state index in [2.05, 4.69) is 4.98 Å². The van der Waals surface area contributed by atoms with Crippen molar-refractivity contribution in [3.63, 3.8) is 0 Å². The van der Waals surface area contributed by atoms with Crippen molar-refractivity contribution in [2.75, 3.05) is 6.61 Å². The molecule has 0 amide bonds. The van der Waals surface area contributed by atoms with Crippen LogP contribution in [0.2, 0.25) is 0 Å². The minimum Gasteiger partial charge on any atom is -0.396 e. The molecule has 1 N–H and O–H groups in total. The van der Waals surface area contributed by atoms with E-state index < -0.39 is 0 Å². The molecule has 0 spiro atoms. The Hall–Kier alpha value is -0.890. The van der Waals surface area contributed by atoms with Crippen molar-refractivity contribution in [3.05, 3.63) is 30.1 Å². The molecule has 1 aliphatic carbocycles. The van der Waals surface area contributed by atoms with Crippen molar-refractivity contribution in [3.8, 4) is 0 Å². The summed E-state index contributed by atoms with van der Waals surface area (Å²) in [5.74, 6) is 1.11. The maximum Gasteiger partial charge on any atom is 0.0465 e. The van der Waals surface area contributed by atoms with E-state index in [9.17, 15) is 0 Å². The van der Waals surface area contributed by atoms with E-state index >= 15 is 0 Å². The molecule has 2 rings (SSSR count). The van der Waals surface area contributed by atoms with Gasteiger partial charge in [-0.1, -0.05) is 0 Å². The second-order valence-electron chi connectivity index (χ2n) is 3.07. The number of aliphatic hydroxyl groups excluding tert-OH is 1. The summed E-state index contributed by atoms with van der Waals surface area (Å²) in [5, 5.41) is 8.82. The molecule has 11 heavy (non-hydrogen) atoms. The van der Waals surface area contributed by atoms with Crippen LogP contribution in [0.3, 0.4) is 0 Å². The predicted molar refractivity (Wildman–Crippen MR) is 42.2 cm³/mol. The molecule has 2 heteroatoms. The lowest BCUT2D eigenvalue weighted by molar-refractivity contribution is 0.274. The van der Waals surface area contributed by atoms with Gasteiger partial charge in [-0.25, -0.2) is 0 Å². The third kappa shape index (κ3) is 1.26. The zero-order chi connectivity index (χ0) is 7.68. The van der Waals surface area contributed by atoms with Crippen molar-refractivity contribution < 1.29 is 5.11 Å². The highest BCUT2D eigenvalue weighted by Gasteiger charge is 2.37. The van der Waals surface area contributed by atoms with Gasteiger partial charge >= 0.3 is 0 Å². The molecule has 1 aliphatic rings. The molecule has 1 saturated carbocycles. The second kappa shape index (κ2) is 2.62. The Bertz CT molecular complexity index is 235. The van der Waals surface area contributed by atoms with Crippen LogP contribution in [0.15, 0.2) is 24.5 Å². The summed E-state index contributed by atoms with van der Waals surface area (Å²) in [6.45, 7) is 0.326. The van der Waals surface area contributed by atoms with Gasteiger partial charge in [-0.3, -0.25) is 4.98 Å². The molecule has 1 fully saturated rings. The van der Waals surface area contributed by atoms with Gasteiger partial charge in [-0.15, -0.1) is 0 Å². The summed E-state index contributed by atoms with van der Waals surface area (Å²) < 4.78 is 0. The fourth-order valence-corrected chi connectivity index (χ4v) is 1.47. The fourth-order valence-electron chi connectivity index (χ4n) is 1.47. The molecular weight excluding hydrogens is 138 g/mol. The number of hydrogen-bond acceptors (Lipinski definition) is 2. The topological polar surface area (TPSA) is 33.1 Å². The van der Waals surface area contributed by atoms with Crippen molar-refractivity contribution >= 4 is 0 Å². The Morgan fingerprint density at radius 2 is 2.18 bits per heavy atom. The molecular formula is C9H11NO. The van der Waals surface area contributed by atoms with Crippen molar-refractivity contribution in [2.24, 2.45) is 5.92 Å². The van der Waals surface area contributed by atoms with E-state index in [4.69, 9.17) is 5.11 Å². The van der Waals surface area contributed by atoms with Crippen LogP contribution in [0.4, 0.5) is 0 Å². The van der Waals surface area contributed by atoms with Gasteiger partial charge in [0.25, 0.3) is 0 Å². The summed E-state index contributed by atoms with van der Waals surface area (Å²) in [6, 6.07) is 4.06. The molecule has 0 bridgehead atoms. The van der Waals surface area contributed by atoms with Crippen molar-refractivity contribution in [2.45, 2.75) is 12.3 Å². The number of aliphatic hydroxyl groups is 1. The van der Waals surface area contributed by atoms with Gasteiger partial charge in [0.15, 0.2) is 0 Å². The Morgan fingerprint density at radius 3 is 2.73 bits per heavy atom. The van der Waals surface area contributed by atoms with E-state index in [1.54, 1.807) is 0 Å². The van der Waals surface area contributed by atoms with Gasteiger partial charge in [-0.2, -0.15) is 0 Å². The van der Waals surface area contributed by atoms with E-state index in [-0.39, 0.29) is 0 Å². The third-order valence-electron chi connectivity index (χ3n) is 2.29. The molecule has 2 atom stereocenters. The highest BCUT2D eigenvalue weighted by atomic mass is 16.3. The van der Waals surface area contributed by atoms with Crippen LogP contribution < -0.4 is 0 Å². The maximum atomic E-state index is 8.82. The van der Waals surface area contributed by atoms with Crippen LogP contribution in [0.25, 0.3) is 0 Å². The lowest BCUT2D eigenvalue weighted by Gasteiger charge is -1.95. The zero-order valence-electron chi connectivity index (χ0n) is 6.27. The van der Waals surface area contributed by atoms with Crippen LogP contribution in [0.5, 0.6) is 0 Å². The minimum atomic E-state index is 0.326. The summed E-state index contributed by atoms with van der Waals surface area (Å²) in [4.78, 5) is 3.94. The summed E-state index contributed by atoms with van der Waals surface area (Å²) in [6.07, 6.45) is 4.75. The maximum absolute atomic E-state index is 8.82. The third-order valence-corrected chi connectivity index (χ3v) is 2.29. The van der Waals surface area contributed by atoms with Crippen LogP contribution >= 0.6 is 0 Å². The zero-order valence-corrected chi connectivity index (χ0v) is 6.27. The first-order chi connectivity index (χ1) is 5.42. The Labute approximate surface area is 65.9 Å². The lowest BCUT2D eigenvalue weighted by Crippen LogP contribution is -1.88. The predicted octanol–water partition coefficient (Wildman–Crippen LogP) is 1.18. The Balaban J connectivity index is 2.09. The number of rotatable bonds is 2. The van der Waals surface area contributed by atoms with Gasteiger partial charge in [-0.05, 0) is 36.0 Å². The van der Waals surface area contributed by atoms with Crippen LogP contribution in [0, 0.1) is 5.92 Å². The van der Waals surface area contributed by atoms with Crippen LogP contribution in [-0.2, 0) is 0 Å². The highest BCUT2D eigenvalue weighted by molar-refractivity contribution is 5.22. The average Bonchev–Trinajstić information content (AvgIpc) is 2.85. The summed E-state index contributed by atoms with van der Waals surface area (Å²) >= 11 is 0. The lowest BCUT2D eigenvalue weighted by atomic mass is 10.1. The average molecular weight is 149 g/mol. The van der Waals surface area contributed by atoms with Crippen molar-refractivity contribution in [1.29, 1.82) is 0 Å². The second-order valence-corrected chi connectivity index (χ2v) is 3.07. The quantitative estimate of drug-likeness (QED) is 0.684. The number of aromatic nitrogens is 1. The molecule has 1 heterocycles. The van der Waals surface area contributed by atoms with E-state index in [1.807, 2.05) is 24.5 Å². The summed E-state index contributed by atoms with van der Waals surface area (Å²) in [5.41, 5.74) is 1.32. The minimum absolute atomic E-state index is 0.326. The molecule has 0 saturated heterocycles. The van der Waals surface area contributed by atoms with Crippen LogP contribution in [-0.4, -0.2) is 16.7 Å². The van der Waals surface area contributed by atoms with Gasteiger partial charge in [0, 0.05) is 19.0 Å².